The molecule has 3 N–H and O–H groups in total. The standard InChI is InChI=1S/C32H35N5O4/c33-31-29-20-28(8-6-24(29)10-17-35-31)40-22-26(7-9-30(38)41-21-23-4-2-1-3-5-23)36-32(39)25-13-18-37(19-14-25)27-11-15-34-16-12-27/h1-6,8,10-12,15-17,20,25-26H,7,9,13-14,18-19,21-22H2,(H2,33,35)(H,36,39)/t26-/m1/s1. The molecule has 1 amide bonds. The number of esters is 1. The van der Waals surface area contributed by atoms with Gasteiger partial charge in [-0.3, -0.25) is 14.6 Å². The van der Waals surface area contributed by atoms with Gasteiger partial charge in [-0.1, -0.05) is 36.4 Å². The number of pyridine rings is 2. The number of ether oxygens (including phenoxy) is 2. The number of hydrogen-bond donors (Lipinski definition) is 2. The van der Waals surface area contributed by atoms with Gasteiger partial charge >= 0.3 is 5.97 Å². The van der Waals surface area contributed by atoms with Crippen molar-refractivity contribution in [2.75, 3.05) is 30.3 Å². The van der Waals surface area contributed by atoms with Gasteiger partial charge in [-0.2, -0.15) is 0 Å². The van der Waals surface area contributed by atoms with Crippen LogP contribution in [0.15, 0.2) is 85.3 Å². The van der Waals surface area contributed by atoms with Crippen molar-refractivity contribution in [3.63, 3.8) is 0 Å². The van der Waals surface area contributed by atoms with E-state index in [2.05, 4.69) is 20.2 Å². The van der Waals surface area contributed by atoms with Crippen molar-refractivity contribution >= 4 is 34.2 Å². The maximum absolute atomic E-state index is 13.3. The van der Waals surface area contributed by atoms with Crippen molar-refractivity contribution in [2.45, 2.75) is 38.3 Å². The molecule has 3 heterocycles. The van der Waals surface area contributed by atoms with Crippen LogP contribution in [0.5, 0.6) is 5.75 Å². The Morgan fingerprint density at radius 1 is 1.00 bits per heavy atom. The molecule has 1 aliphatic rings. The first-order valence-electron chi connectivity index (χ1n) is 14.0. The van der Waals surface area contributed by atoms with Gasteiger partial charge in [0.2, 0.25) is 5.91 Å². The van der Waals surface area contributed by atoms with Crippen LogP contribution in [-0.2, 0) is 20.9 Å². The SMILES string of the molecule is Nc1nccc2ccc(OC[C@@H](CCC(=O)OCc3ccccc3)NC(=O)C3CCN(c4ccncc4)CC3)cc12. The fraction of sp³-hybridized carbons (Fsp3) is 0.312. The minimum absolute atomic E-state index is 0.0161. The van der Waals surface area contributed by atoms with E-state index in [1.165, 1.54) is 0 Å². The highest BCUT2D eigenvalue weighted by Crippen LogP contribution is 2.25. The molecule has 212 valence electrons. The fourth-order valence-corrected chi connectivity index (χ4v) is 5.03. The number of amides is 1. The van der Waals surface area contributed by atoms with Crippen LogP contribution < -0.4 is 20.7 Å². The summed E-state index contributed by atoms with van der Waals surface area (Å²) in [5, 5.41) is 4.92. The average molecular weight is 554 g/mol. The summed E-state index contributed by atoms with van der Waals surface area (Å²) in [5.41, 5.74) is 8.09. The summed E-state index contributed by atoms with van der Waals surface area (Å²) in [4.78, 5) is 36.3. The maximum Gasteiger partial charge on any atom is 0.306 e. The van der Waals surface area contributed by atoms with Gasteiger partial charge in [-0.05, 0) is 60.5 Å². The summed E-state index contributed by atoms with van der Waals surface area (Å²) >= 11 is 0. The van der Waals surface area contributed by atoms with E-state index in [-0.39, 0.29) is 43.5 Å². The van der Waals surface area contributed by atoms with E-state index in [4.69, 9.17) is 15.2 Å². The Balaban J connectivity index is 1.19. The lowest BCUT2D eigenvalue weighted by atomic mass is 9.95. The second kappa shape index (κ2) is 13.6. The van der Waals surface area contributed by atoms with Gasteiger partial charge in [0.1, 0.15) is 24.8 Å². The zero-order chi connectivity index (χ0) is 28.4. The molecule has 9 heteroatoms. The maximum atomic E-state index is 13.3. The largest absolute Gasteiger partial charge is 0.491 e. The first-order chi connectivity index (χ1) is 20.0. The highest BCUT2D eigenvalue weighted by molar-refractivity contribution is 5.91. The van der Waals surface area contributed by atoms with E-state index in [1.54, 1.807) is 18.6 Å². The second-order valence-corrected chi connectivity index (χ2v) is 10.2. The molecule has 4 aromatic rings. The fourth-order valence-electron chi connectivity index (χ4n) is 5.03. The normalized spacial score (nSPS) is 14.4. The van der Waals surface area contributed by atoms with Crippen molar-refractivity contribution in [1.82, 2.24) is 15.3 Å². The van der Waals surface area contributed by atoms with Crippen molar-refractivity contribution in [3.05, 3.63) is 90.9 Å². The van der Waals surface area contributed by atoms with Crippen LogP contribution in [0.25, 0.3) is 10.8 Å². The van der Waals surface area contributed by atoms with Gasteiger partial charge in [0.25, 0.3) is 0 Å². The summed E-state index contributed by atoms with van der Waals surface area (Å²) in [7, 11) is 0. The zero-order valence-electron chi connectivity index (χ0n) is 22.9. The molecule has 0 saturated carbocycles. The molecule has 0 unspecified atom stereocenters. The molecule has 0 radical (unpaired) electrons. The number of carbonyl (C=O) groups is 2. The third-order valence-electron chi connectivity index (χ3n) is 7.40. The Bertz CT molecular complexity index is 1440. The van der Waals surface area contributed by atoms with Crippen LogP contribution in [0.1, 0.15) is 31.2 Å². The van der Waals surface area contributed by atoms with Crippen molar-refractivity contribution in [2.24, 2.45) is 5.92 Å². The Morgan fingerprint density at radius 3 is 2.56 bits per heavy atom. The molecule has 1 fully saturated rings. The molecule has 0 spiro atoms. The summed E-state index contributed by atoms with van der Waals surface area (Å²) in [5.74, 6) is 0.610. The van der Waals surface area contributed by atoms with Crippen molar-refractivity contribution < 1.29 is 19.1 Å². The minimum atomic E-state index is -0.369. The van der Waals surface area contributed by atoms with Crippen LogP contribution in [0.3, 0.4) is 0 Å². The number of hydrogen-bond acceptors (Lipinski definition) is 8. The third-order valence-corrected chi connectivity index (χ3v) is 7.40. The molecule has 1 aliphatic heterocycles. The number of nitrogens with one attached hydrogen (secondary N) is 1. The van der Waals surface area contributed by atoms with E-state index in [0.29, 0.717) is 18.0 Å². The van der Waals surface area contributed by atoms with Gasteiger partial charge in [-0.25, -0.2) is 4.98 Å². The van der Waals surface area contributed by atoms with Crippen molar-refractivity contribution in [1.29, 1.82) is 0 Å². The van der Waals surface area contributed by atoms with Gasteiger partial charge in [-0.15, -0.1) is 0 Å². The van der Waals surface area contributed by atoms with Crippen LogP contribution >= 0.6 is 0 Å². The van der Waals surface area contributed by atoms with Gasteiger partial charge in [0.15, 0.2) is 0 Å². The number of nitrogens with two attached hydrogens (primary N) is 1. The molecular weight excluding hydrogens is 518 g/mol. The lowest BCUT2D eigenvalue weighted by Crippen LogP contribution is -2.46. The number of nitrogen functional groups attached to an aromatic ring is 1. The molecule has 0 bridgehead atoms. The Kier molecular flexibility index (Phi) is 9.26. The van der Waals surface area contributed by atoms with Gasteiger partial charge < -0.3 is 25.4 Å². The van der Waals surface area contributed by atoms with E-state index in [0.717, 1.165) is 48.0 Å². The summed E-state index contributed by atoms with van der Waals surface area (Å²) in [6, 6.07) is 20.7. The first kappa shape index (κ1) is 27.9. The molecule has 5 rings (SSSR count). The monoisotopic (exact) mass is 553 g/mol. The molecule has 9 nitrogen and oxygen atoms in total. The minimum Gasteiger partial charge on any atom is -0.491 e. The van der Waals surface area contributed by atoms with Gasteiger partial charge in [0.05, 0.1) is 6.04 Å². The number of carbonyl (C=O) groups excluding carboxylic acids is 2. The van der Waals surface area contributed by atoms with E-state index >= 15 is 0 Å². The number of fused-ring (bicyclic) bond motifs is 1. The second-order valence-electron chi connectivity index (χ2n) is 10.2. The molecule has 1 atom stereocenters. The van der Waals surface area contributed by atoms with Crippen LogP contribution in [0, 0.1) is 5.92 Å². The average Bonchev–Trinajstić information content (AvgIpc) is 3.02. The lowest BCUT2D eigenvalue weighted by molar-refractivity contribution is -0.145. The Hall–Kier alpha value is -4.66. The number of aromatic nitrogens is 2. The topological polar surface area (TPSA) is 120 Å². The molecule has 0 aliphatic carbocycles. The first-order valence-corrected chi connectivity index (χ1v) is 14.0. The van der Waals surface area contributed by atoms with Gasteiger partial charge in [0, 0.05) is 55.1 Å². The molecular formula is C32H35N5O4. The zero-order valence-corrected chi connectivity index (χ0v) is 22.9. The molecule has 2 aromatic heterocycles. The predicted octanol–water partition coefficient (Wildman–Crippen LogP) is 4.52. The Morgan fingerprint density at radius 2 is 1.78 bits per heavy atom. The summed E-state index contributed by atoms with van der Waals surface area (Å²) in [6.45, 7) is 2.01. The molecule has 2 aromatic carbocycles. The quantitative estimate of drug-likeness (QED) is 0.260. The lowest BCUT2D eigenvalue weighted by Gasteiger charge is -2.33. The molecule has 1 saturated heterocycles. The number of piperidine rings is 1. The van der Waals surface area contributed by atoms with E-state index in [1.807, 2.05) is 66.7 Å². The highest BCUT2D eigenvalue weighted by atomic mass is 16.5. The summed E-state index contributed by atoms with van der Waals surface area (Å²) in [6.07, 6.45) is 7.29. The van der Waals surface area contributed by atoms with Crippen LogP contribution in [-0.4, -0.2) is 47.6 Å². The molecule has 41 heavy (non-hydrogen) atoms. The highest BCUT2D eigenvalue weighted by Gasteiger charge is 2.27. The van der Waals surface area contributed by atoms with Crippen molar-refractivity contribution in [3.8, 4) is 5.75 Å². The number of nitrogens with zero attached hydrogens (tertiary/aromatic N) is 3. The number of benzene rings is 2. The number of rotatable bonds is 11. The van der Waals surface area contributed by atoms with Crippen LogP contribution in [0.2, 0.25) is 0 Å². The van der Waals surface area contributed by atoms with Crippen LogP contribution in [0.4, 0.5) is 11.5 Å². The summed E-state index contributed by atoms with van der Waals surface area (Å²) < 4.78 is 11.5. The number of anilines is 2. The smallest absolute Gasteiger partial charge is 0.306 e. The predicted molar refractivity (Wildman–Crippen MR) is 158 cm³/mol. The Labute approximate surface area is 239 Å². The van der Waals surface area contributed by atoms with E-state index < -0.39 is 0 Å². The van der Waals surface area contributed by atoms with E-state index in [9.17, 15) is 9.59 Å². The third kappa shape index (κ3) is 7.72.